The molecule has 101 valence electrons. The second kappa shape index (κ2) is 8.08. The van der Waals surface area contributed by atoms with E-state index in [1.54, 1.807) is 7.11 Å². The predicted molar refractivity (Wildman–Crippen MR) is 73.0 cm³/mol. The summed E-state index contributed by atoms with van der Waals surface area (Å²) in [6.45, 7) is 6.62. The average molecular weight is 251 g/mol. The molecule has 0 aliphatic heterocycles. The van der Waals surface area contributed by atoms with Crippen molar-refractivity contribution in [1.29, 1.82) is 0 Å². The Morgan fingerprint density at radius 3 is 2.83 bits per heavy atom. The van der Waals surface area contributed by atoms with E-state index >= 15 is 0 Å². The van der Waals surface area contributed by atoms with E-state index in [1.807, 2.05) is 44.7 Å². The third kappa shape index (κ3) is 6.00. The van der Waals surface area contributed by atoms with Gasteiger partial charge in [-0.25, -0.2) is 0 Å². The highest BCUT2D eigenvalue weighted by molar-refractivity contribution is 5.28. The minimum Gasteiger partial charge on any atom is -0.497 e. The van der Waals surface area contributed by atoms with Gasteiger partial charge in [0.1, 0.15) is 12.0 Å². The van der Waals surface area contributed by atoms with Gasteiger partial charge in [0.05, 0.1) is 7.11 Å². The van der Waals surface area contributed by atoms with Crippen molar-refractivity contribution in [2.24, 2.45) is 0 Å². The van der Waals surface area contributed by atoms with Crippen molar-refractivity contribution in [2.45, 2.75) is 39.1 Å². The first-order valence-electron chi connectivity index (χ1n) is 6.24. The summed E-state index contributed by atoms with van der Waals surface area (Å²) in [6.07, 6.45) is 0.0742. The summed E-state index contributed by atoms with van der Waals surface area (Å²) in [7, 11) is 1.66. The maximum absolute atomic E-state index is 9.60. The highest BCUT2D eigenvalue weighted by atomic mass is 16.5. The van der Waals surface area contributed by atoms with Crippen molar-refractivity contribution in [3.05, 3.63) is 36.4 Å². The van der Waals surface area contributed by atoms with E-state index in [0.717, 1.165) is 17.9 Å². The van der Waals surface area contributed by atoms with Crippen LogP contribution in [0.1, 0.15) is 25.8 Å². The summed E-state index contributed by atoms with van der Waals surface area (Å²) in [4.78, 5) is 0. The molecule has 1 aromatic carbocycles. The Morgan fingerprint density at radius 2 is 2.17 bits per heavy atom. The summed E-state index contributed by atoms with van der Waals surface area (Å²) in [5.74, 6) is 0.857. The zero-order valence-corrected chi connectivity index (χ0v) is 11.3. The number of methoxy groups -OCH3 is 1. The smallest absolute Gasteiger partial charge is 0.119 e. The number of hydrogen-bond donors (Lipinski definition) is 3. The Morgan fingerprint density at radius 1 is 1.39 bits per heavy atom. The number of ether oxygens (including phenoxy) is 1. The Bertz CT molecular complexity index is 342. The lowest BCUT2D eigenvalue weighted by Gasteiger charge is -2.15. The number of aliphatic hydroxyl groups is 1. The van der Waals surface area contributed by atoms with Crippen LogP contribution in [0.25, 0.3) is 0 Å². The molecule has 0 aromatic heterocycles. The van der Waals surface area contributed by atoms with Crippen LogP contribution in [0.3, 0.4) is 0 Å². The first kappa shape index (κ1) is 15.0. The monoisotopic (exact) mass is 251 g/mol. The summed E-state index contributed by atoms with van der Waals surface area (Å²) in [5.41, 5.74) is 1.15. The van der Waals surface area contributed by atoms with Gasteiger partial charge in [0.25, 0.3) is 0 Å². The minimum absolute atomic E-state index is 0.284. The normalized spacial score (nSPS) is 12.7. The molecule has 0 amide bonds. The summed E-state index contributed by atoms with van der Waals surface area (Å²) in [6, 6.07) is 8.19. The van der Waals surface area contributed by atoms with Crippen molar-refractivity contribution in [1.82, 2.24) is 10.6 Å². The molecule has 4 nitrogen and oxygen atoms in total. The van der Waals surface area contributed by atoms with Gasteiger partial charge >= 0.3 is 0 Å². The largest absolute Gasteiger partial charge is 0.497 e. The van der Waals surface area contributed by atoms with Crippen molar-refractivity contribution >= 4 is 0 Å². The van der Waals surface area contributed by atoms with Crippen molar-refractivity contribution in [3.63, 3.8) is 0 Å². The quantitative estimate of drug-likeness (QED) is 0.486. The average Bonchev–Trinajstić information content (AvgIpc) is 2.34. The molecule has 0 aliphatic carbocycles. The number of hydrogen-bond acceptors (Lipinski definition) is 4. The molecule has 0 aliphatic rings. The van der Waals surface area contributed by atoms with E-state index < -0.39 is 6.23 Å². The number of nitrogens with one attached hydrogen (secondary N) is 2. The van der Waals surface area contributed by atoms with Gasteiger partial charge in [0, 0.05) is 25.6 Å². The van der Waals surface area contributed by atoms with Crippen LogP contribution in [0, 0.1) is 6.54 Å². The van der Waals surface area contributed by atoms with Gasteiger partial charge in [-0.2, -0.15) is 0 Å². The molecular formula is C14H23N2O2. The molecule has 0 saturated carbocycles. The predicted octanol–water partition coefficient (Wildman–Crippen LogP) is 1.65. The van der Waals surface area contributed by atoms with E-state index in [2.05, 4.69) is 10.6 Å². The molecular weight excluding hydrogens is 228 g/mol. The molecule has 1 radical (unpaired) electrons. The van der Waals surface area contributed by atoms with E-state index in [9.17, 15) is 5.11 Å². The third-order valence-corrected chi connectivity index (χ3v) is 2.45. The molecule has 1 aromatic rings. The van der Waals surface area contributed by atoms with Crippen LogP contribution in [-0.2, 0) is 6.54 Å². The van der Waals surface area contributed by atoms with Gasteiger partial charge in [-0.1, -0.05) is 12.1 Å². The molecule has 0 fully saturated rings. The number of rotatable bonds is 8. The first-order valence-corrected chi connectivity index (χ1v) is 6.24. The zero-order chi connectivity index (χ0) is 13.4. The highest BCUT2D eigenvalue weighted by Crippen LogP contribution is 2.12. The van der Waals surface area contributed by atoms with Crippen LogP contribution in [0.4, 0.5) is 0 Å². The van der Waals surface area contributed by atoms with Crippen molar-refractivity contribution < 1.29 is 9.84 Å². The molecule has 0 heterocycles. The van der Waals surface area contributed by atoms with Gasteiger partial charge in [-0.05, 0) is 31.5 Å². The molecule has 3 N–H and O–H groups in total. The second-order valence-corrected chi connectivity index (χ2v) is 4.51. The fraction of sp³-hybridized carbons (Fsp3) is 0.500. The molecule has 0 bridgehead atoms. The maximum atomic E-state index is 9.60. The van der Waals surface area contributed by atoms with E-state index in [-0.39, 0.29) is 6.04 Å². The van der Waals surface area contributed by atoms with Crippen LogP contribution < -0.4 is 15.4 Å². The van der Waals surface area contributed by atoms with Crippen molar-refractivity contribution in [2.75, 3.05) is 7.11 Å². The molecule has 0 saturated heterocycles. The summed E-state index contributed by atoms with van der Waals surface area (Å²) >= 11 is 0. The van der Waals surface area contributed by atoms with Crippen LogP contribution in [0.15, 0.2) is 24.3 Å². The zero-order valence-electron chi connectivity index (χ0n) is 11.3. The fourth-order valence-electron chi connectivity index (χ4n) is 1.62. The van der Waals surface area contributed by atoms with Crippen molar-refractivity contribution in [3.8, 4) is 5.75 Å². The van der Waals surface area contributed by atoms with Gasteiger partial charge in [-0.3, -0.25) is 5.32 Å². The van der Waals surface area contributed by atoms with Gasteiger partial charge < -0.3 is 15.2 Å². The third-order valence-electron chi connectivity index (χ3n) is 2.45. The lowest BCUT2D eigenvalue weighted by molar-refractivity contribution is 0.124. The Hall–Kier alpha value is -1.10. The number of aliphatic hydroxyl groups excluding tert-OH is 1. The van der Waals surface area contributed by atoms with E-state index in [1.165, 1.54) is 0 Å². The Kier molecular flexibility index (Phi) is 6.72. The SMILES string of the molecule is COc1cccc(CN[CH]CC(O)NC(C)C)c1. The maximum Gasteiger partial charge on any atom is 0.119 e. The summed E-state index contributed by atoms with van der Waals surface area (Å²) in [5, 5.41) is 15.8. The van der Waals surface area contributed by atoms with Crippen LogP contribution in [0.5, 0.6) is 5.75 Å². The van der Waals surface area contributed by atoms with Gasteiger partial charge in [-0.15, -0.1) is 0 Å². The van der Waals surface area contributed by atoms with Gasteiger partial charge in [0.2, 0.25) is 0 Å². The fourth-order valence-corrected chi connectivity index (χ4v) is 1.62. The molecule has 1 rings (SSSR count). The van der Waals surface area contributed by atoms with Crippen LogP contribution in [-0.4, -0.2) is 24.5 Å². The molecule has 18 heavy (non-hydrogen) atoms. The summed E-state index contributed by atoms with van der Waals surface area (Å²) < 4.78 is 5.16. The lowest BCUT2D eigenvalue weighted by atomic mass is 10.2. The van der Waals surface area contributed by atoms with Crippen LogP contribution >= 0.6 is 0 Å². The molecule has 1 atom stereocenters. The Labute approximate surface area is 109 Å². The standard InChI is InChI=1S/C14H23N2O2/c1-11(2)16-14(17)7-8-15-10-12-5-4-6-13(9-12)18-3/h4-6,8-9,11,14-17H,7,10H2,1-3H3. The van der Waals surface area contributed by atoms with Gasteiger partial charge in [0.15, 0.2) is 0 Å². The first-order chi connectivity index (χ1) is 8.61. The number of benzene rings is 1. The topological polar surface area (TPSA) is 53.5 Å². The molecule has 4 heteroatoms. The molecule has 0 spiro atoms. The highest BCUT2D eigenvalue weighted by Gasteiger charge is 2.04. The van der Waals surface area contributed by atoms with Crippen LogP contribution in [0.2, 0.25) is 0 Å². The Balaban J connectivity index is 2.21. The van der Waals surface area contributed by atoms with E-state index in [4.69, 9.17) is 4.74 Å². The van der Waals surface area contributed by atoms with E-state index in [0.29, 0.717) is 6.42 Å². The second-order valence-electron chi connectivity index (χ2n) is 4.51. The minimum atomic E-state index is -0.497. The lowest BCUT2D eigenvalue weighted by Crippen LogP contribution is -2.35. The molecule has 1 unspecified atom stereocenters.